The first-order valence-electron chi connectivity index (χ1n) is 8.98. The molecule has 0 spiro atoms. The number of nitrogens with zero attached hydrogens (tertiary/aromatic N) is 6. The smallest absolute Gasteiger partial charge is 0.257 e. The van der Waals surface area contributed by atoms with Gasteiger partial charge in [-0.3, -0.25) is 9.63 Å². The van der Waals surface area contributed by atoms with Crippen LogP contribution in [-0.4, -0.2) is 54.5 Å². The molecule has 1 aliphatic rings. The number of amides is 1. The molecule has 1 fully saturated rings. The van der Waals surface area contributed by atoms with E-state index in [1.54, 1.807) is 40.7 Å². The summed E-state index contributed by atoms with van der Waals surface area (Å²) >= 11 is 8.47. The monoisotopic (exact) mass is 524 g/mol. The molecular formula is C19H18ClIN6O2. The van der Waals surface area contributed by atoms with E-state index in [2.05, 4.69) is 37.8 Å². The number of hydroxylamine groups is 1. The molecular weight excluding hydrogens is 507 g/mol. The van der Waals surface area contributed by atoms with Crippen molar-refractivity contribution in [3.8, 4) is 5.69 Å². The number of anilines is 1. The van der Waals surface area contributed by atoms with Crippen molar-refractivity contribution in [1.29, 1.82) is 0 Å². The summed E-state index contributed by atoms with van der Waals surface area (Å²) in [7, 11) is 0. The third-order valence-corrected chi connectivity index (χ3v) is 5.83. The fourth-order valence-electron chi connectivity index (χ4n) is 3.09. The van der Waals surface area contributed by atoms with Gasteiger partial charge in [0.25, 0.3) is 5.91 Å². The first kappa shape index (κ1) is 20.0. The zero-order chi connectivity index (χ0) is 20.4. The molecule has 0 unspecified atom stereocenters. The van der Waals surface area contributed by atoms with Crippen molar-refractivity contribution in [3.63, 3.8) is 0 Å². The van der Waals surface area contributed by atoms with Gasteiger partial charge in [-0.15, -0.1) is 0 Å². The van der Waals surface area contributed by atoms with Gasteiger partial charge in [-0.2, -0.15) is 15.0 Å². The molecule has 1 saturated heterocycles. The predicted octanol–water partition coefficient (Wildman–Crippen LogP) is 3.28. The molecule has 10 heteroatoms. The summed E-state index contributed by atoms with van der Waals surface area (Å²) in [6, 6.07) is 9.19. The zero-order valence-electron chi connectivity index (χ0n) is 15.6. The number of carbonyl (C=O) groups excluding carboxylic acids is 1. The maximum atomic E-state index is 13.5. The van der Waals surface area contributed by atoms with Crippen LogP contribution in [0.3, 0.4) is 0 Å². The molecule has 3 heterocycles. The summed E-state index contributed by atoms with van der Waals surface area (Å²) in [5.41, 5.74) is 2.18. The molecule has 2 aromatic heterocycles. The largest absolute Gasteiger partial charge is 0.322 e. The molecule has 4 rings (SSSR count). The molecule has 29 heavy (non-hydrogen) atoms. The number of carbonyl (C=O) groups is 1. The highest BCUT2D eigenvalue weighted by Crippen LogP contribution is 2.27. The number of rotatable bonds is 3. The lowest BCUT2D eigenvalue weighted by Crippen LogP contribution is -2.40. The minimum Gasteiger partial charge on any atom is -0.322 e. The maximum absolute atomic E-state index is 13.5. The summed E-state index contributed by atoms with van der Waals surface area (Å²) in [4.78, 5) is 26.9. The van der Waals surface area contributed by atoms with Crippen molar-refractivity contribution in [2.45, 2.75) is 11.0 Å². The molecule has 8 nitrogen and oxygen atoms in total. The molecule has 150 valence electrons. The molecule has 0 aliphatic carbocycles. The average molecular weight is 525 g/mol. The minimum atomic E-state index is -0.161. The Morgan fingerprint density at radius 3 is 2.76 bits per heavy atom. The number of hydrogen-bond acceptors (Lipinski definition) is 6. The topological polar surface area (TPSA) is 76.4 Å². The van der Waals surface area contributed by atoms with Crippen LogP contribution in [-0.2, 0) is 4.84 Å². The van der Waals surface area contributed by atoms with Crippen molar-refractivity contribution >= 4 is 45.9 Å². The molecule has 0 N–H and O–H groups in total. The number of benzene rings is 1. The van der Waals surface area contributed by atoms with Gasteiger partial charge in [0.05, 0.1) is 35.2 Å². The van der Waals surface area contributed by atoms with E-state index in [1.165, 1.54) is 4.80 Å². The lowest BCUT2D eigenvalue weighted by molar-refractivity contribution is 0.0710. The van der Waals surface area contributed by atoms with Gasteiger partial charge >= 0.3 is 0 Å². The van der Waals surface area contributed by atoms with Gasteiger partial charge in [0.1, 0.15) is 10.7 Å². The molecule has 3 aromatic rings. The van der Waals surface area contributed by atoms with Gasteiger partial charge in [0, 0.05) is 12.7 Å². The third kappa shape index (κ3) is 4.21. The van der Waals surface area contributed by atoms with Gasteiger partial charge in [0.15, 0.2) is 5.82 Å². The average Bonchev–Trinajstić information content (AvgIpc) is 3.18. The van der Waals surface area contributed by atoms with E-state index in [0.717, 1.165) is 5.56 Å². The van der Waals surface area contributed by atoms with Crippen LogP contribution in [0.15, 0.2) is 48.9 Å². The highest BCUT2D eigenvalue weighted by atomic mass is 127. The Bertz CT molecular complexity index is 1020. The van der Waals surface area contributed by atoms with Gasteiger partial charge in [-0.05, 0) is 31.2 Å². The van der Waals surface area contributed by atoms with Crippen molar-refractivity contribution in [2.24, 2.45) is 0 Å². The second-order valence-corrected chi connectivity index (χ2v) is 8.32. The summed E-state index contributed by atoms with van der Waals surface area (Å²) < 4.78 is -0.161. The van der Waals surface area contributed by atoms with E-state index in [4.69, 9.17) is 16.4 Å². The summed E-state index contributed by atoms with van der Waals surface area (Å²) in [5, 5.41) is 10.5. The SMILES string of the molecule is Cc1ccc(-n2nccn2)c(C(=O)N2CCN(c3ncccc3Cl)OC[C@H]2I)c1. The van der Waals surface area contributed by atoms with Crippen LogP contribution in [0.25, 0.3) is 5.69 Å². The first-order valence-corrected chi connectivity index (χ1v) is 10.6. The molecule has 0 radical (unpaired) electrons. The van der Waals surface area contributed by atoms with Crippen molar-refractivity contribution in [2.75, 3.05) is 24.8 Å². The second kappa shape index (κ2) is 8.64. The highest BCUT2D eigenvalue weighted by Gasteiger charge is 2.30. The standard InChI is InChI=1S/C19H18ClIN6O2/c1-13-4-5-16(27-23-7-8-24-27)14(11-13)19(28)25-9-10-26(29-12-17(25)21)18-15(20)3-2-6-22-18/h2-8,11,17H,9-10,12H2,1H3/t17-/m0/s1. The Labute approximate surface area is 186 Å². The van der Waals surface area contributed by atoms with Crippen LogP contribution >= 0.6 is 34.2 Å². The van der Waals surface area contributed by atoms with E-state index >= 15 is 0 Å². The van der Waals surface area contributed by atoms with E-state index in [0.29, 0.717) is 41.8 Å². The zero-order valence-corrected chi connectivity index (χ0v) is 18.5. The van der Waals surface area contributed by atoms with Crippen LogP contribution in [0.1, 0.15) is 15.9 Å². The Kier molecular flexibility index (Phi) is 5.97. The summed E-state index contributed by atoms with van der Waals surface area (Å²) in [6.45, 7) is 3.18. The fourth-order valence-corrected chi connectivity index (χ4v) is 4.00. The maximum Gasteiger partial charge on any atom is 0.257 e. The van der Waals surface area contributed by atoms with Gasteiger partial charge < -0.3 is 4.90 Å². The normalized spacial score (nSPS) is 17.3. The lowest BCUT2D eigenvalue weighted by Gasteiger charge is -2.25. The third-order valence-electron chi connectivity index (χ3n) is 4.50. The molecule has 1 aliphatic heterocycles. The molecule has 1 amide bonds. The van der Waals surface area contributed by atoms with Crippen LogP contribution in [0, 0.1) is 6.92 Å². The highest BCUT2D eigenvalue weighted by molar-refractivity contribution is 14.1. The Balaban J connectivity index is 1.61. The lowest BCUT2D eigenvalue weighted by atomic mass is 10.1. The quantitative estimate of drug-likeness (QED) is 0.297. The fraction of sp³-hybridized carbons (Fsp3) is 0.263. The number of aromatic nitrogens is 4. The molecule has 0 bridgehead atoms. The van der Waals surface area contributed by atoms with E-state index in [-0.39, 0.29) is 9.96 Å². The molecule has 0 saturated carbocycles. The van der Waals surface area contributed by atoms with Gasteiger partial charge in [-0.1, -0.05) is 45.8 Å². The van der Waals surface area contributed by atoms with Crippen LogP contribution in [0.5, 0.6) is 0 Å². The minimum absolute atomic E-state index is 0.0991. The number of pyridine rings is 1. The number of alkyl halides is 1. The van der Waals surface area contributed by atoms with Crippen molar-refractivity contribution in [1.82, 2.24) is 24.9 Å². The Hall–Kier alpha value is -2.24. The molecule has 1 atom stereocenters. The van der Waals surface area contributed by atoms with Gasteiger partial charge in [0.2, 0.25) is 0 Å². The Morgan fingerprint density at radius 2 is 2.00 bits per heavy atom. The number of aryl methyl sites for hydroxylation is 1. The number of hydrogen-bond donors (Lipinski definition) is 0. The molecule has 1 aromatic carbocycles. The van der Waals surface area contributed by atoms with Crippen LogP contribution in [0.2, 0.25) is 5.02 Å². The van der Waals surface area contributed by atoms with Gasteiger partial charge in [-0.25, -0.2) is 10.0 Å². The summed E-state index contributed by atoms with van der Waals surface area (Å²) in [6.07, 6.45) is 4.84. The Morgan fingerprint density at radius 1 is 1.21 bits per heavy atom. The van der Waals surface area contributed by atoms with E-state index in [9.17, 15) is 4.79 Å². The van der Waals surface area contributed by atoms with Crippen molar-refractivity contribution in [3.05, 3.63) is 65.1 Å². The van der Waals surface area contributed by atoms with Crippen LogP contribution < -0.4 is 5.06 Å². The first-order chi connectivity index (χ1) is 14.0. The van der Waals surface area contributed by atoms with Crippen molar-refractivity contribution < 1.29 is 9.63 Å². The van der Waals surface area contributed by atoms with Crippen LogP contribution in [0.4, 0.5) is 5.82 Å². The van der Waals surface area contributed by atoms with E-state index < -0.39 is 0 Å². The predicted molar refractivity (Wildman–Crippen MR) is 117 cm³/mol. The van der Waals surface area contributed by atoms with E-state index in [1.807, 2.05) is 25.1 Å². The number of halogens is 2. The second-order valence-electron chi connectivity index (χ2n) is 6.48. The summed E-state index contributed by atoms with van der Waals surface area (Å²) in [5.74, 6) is 0.446.